The highest BCUT2D eigenvalue weighted by Crippen LogP contribution is 2.29. The van der Waals surface area contributed by atoms with Crippen molar-refractivity contribution in [2.45, 2.75) is 40.2 Å². The summed E-state index contributed by atoms with van der Waals surface area (Å²) in [5.74, 6) is 0. The Morgan fingerprint density at radius 3 is 2.62 bits per heavy atom. The van der Waals surface area contributed by atoms with Gasteiger partial charge in [0.25, 0.3) is 0 Å². The lowest BCUT2D eigenvalue weighted by atomic mass is 10.1. The van der Waals surface area contributed by atoms with Gasteiger partial charge in [-0.25, -0.2) is 4.68 Å². The predicted octanol–water partition coefficient (Wildman–Crippen LogP) is 4.97. The highest BCUT2D eigenvalue weighted by molar-refractivity contribution is 9.10. The van der Waals surface area contributed by atoms with Crippen molar-refractivity contribution in [2.24, 2.45) is 0 Å². The van der Waals surface area contributed by atoms with E-state index in [1.165, 1.54) is 5.56 Å². The van der Waals surface area contributed by atoms with E-state index in [0.29, 0.717) is 6.04 Å². The van der Waals surface area contributed by atoms with Crippen LogP contribution in [0.15, 0.2) is 22.7 Å². The van der Waals surface area contributed by atoms with Gasteiger partial charge in [0, 0.05) is 10.5 Å². The van der Waals surface area contributed by atoms with Gasteiger partial charge in [-0.15, -0.1) is 0 Å². The molecule has 0 aliphatic rings. The van der Waals surface area contributed by atoms with E-state index >= 15 is 0 Å². The van der Waals surface area contributed by atoms with E-state index in [9.17, 15) is 0 Å². The molecule has 0 spiro atoms. The molecule has 0 saturated carbocycles. The summed E-state index contributed by atoms with van der Waals surface area (Å²) < 4.78 is 2.91. The molecule has 0 fully saturated rings. The number of benzene rings is 1. The van der Waals surface area contributed by atoms with Gasteiger partial charge in [-0.05, 0) is 67.4 Å². The van der Waals surface area contributed by atoms with Crippen LogP contribution in [0.25, 0.3) is 5.69 Å². The molecule has 2 aromatic rings. The maximum absolute atomic E-state index is 6.23. The van der Waals surface area contributed by atoms with Gasteiger partial charge in [-0.3, -0.25) is 0 Å². The van der Waals surface area contributed by atoms with Gasteiger partial charge >= 0.3 is 0 Å². The molecule has 114 valence electrons. The summed E-state index contributed by atoms with van der Waals surface area (Å²) in [6.07, 6.45) is 1.13. The molecule has 0 radical (unpaired) electrons. The fourth-order valence-electron chi connectivity index (χ4n) is 2.30. The monoisotopic (exact) mass is 369 g/mol. The molecule has 1 aromatic carbocycles. The maximum atomic E-state index is 6.23. The highest BCUT2D eigenvalue weighted by atomic mass is 79.9. The molecule has 3 nitrogen and oxygen atoms in total. The Bertz CT molecular complexity index is 637. The van der Waals surface area contributed by atoms with Crippen LogP contribution in [-0.2, 0) is 0 Å². The molecule has 5 heteroatoms. The SMILES string of the molecule is CCCNC(C)c1ccc(-n2nc(C)c(Cl)c2C)c(Br)c1. The second kappa shape index (κ2) is 6.95. The van der Waals surface area contributed by atoms with E-state index in [2.05, 4.69) is 58.4 Å². The van der Waals surface area contributed by atoms with Crippen LogP contribution in [0, 0.1) is 13.8 Å². The average molecular weight is 371 g/mol. The lowest BCUT2D eigenvalue weighted by Crippen LogP contribution is -2.19. The average Bonchev–Trinajstić information content (AvgIpc) is 2.72. The second-order valence-electron chi connectivity index (χ2n) is 5.28. The van der Waals surface area contributed by atoms with E-state index in [0.717, 1.165) is 39.5 Å². The quantitative estimate of drug-likeness (QED) is 0.805. The number of nitrogens with zero attached hydrogens (tertiary/aromatic N) is 2. The van der Waals surface area contributed by atoms with Crippen LogP contribution < -0.4 is 5.32 Å². The van der Waals surface area contributed by atoms with Crippen molar-refractivity contribution in [1.29, 1.82) is 0 Å². The summed E-state index contributed by atoms with van der Waals surface area (Å²) >= 11 is 9.89. The van der Waals surface area contributed by atoms with Crippen LogP contribution in [0.2, 0.25) is 5.02 Å². The smallest absolute Gasteiger partial charge is 0.0848 e. The zero-order chi connectivity index (χ0) is 15.6. The zero-order valence-corrected chi connectivity index (χ0v) is 15.2. The molecule has 0 bridgehead atoms. The van der Waals surface area contributed by atoms with Crippen molar-refractivity contribution in [3.05, 3.63) is 44.6 Å². The molecule has 1 aromatic heterocycles. The molecule has 1 N–H and O–H groups in total. The van der Waals surface area contributed by atoms with Gasteiger partial charge in [0.05, 0.1) is 22.1 Å². The summed E-state index contributed by atoms with van der Waals surface area (Å²) in [6, 6.07) is 6.70. The van der Waals surface area contributed by atoms with Gasteiger partial charge in [-0.1, -0.05) is 24.6 Å². The number of hydrogen-bond acceptors (Lipinski definition) is 2. The van der Waals surface area contributed by atoms with Crippen LogP contribution in [-0.4, -0.2) is 16.3 Å². The Balaban J connectivity index is 2.33. The summed E-state index contributed by atoms with van der Waals surface area (Å²) in [4.78, 5) is 0. The van der Waals surface area contributed by atoms with E-state index in [-0.39, 0.29) is 0 Å². The minimum atomic E-state index is 0.333. The van der Waals surface area contributed by atoms with Crippen molar-refractivity contribution < 1.29 is 0 Å². The van der Waals surface area contributed by atoms with Gasteiger partial charge in [-0.2, -0.15) is 5.10 Å². The molecule has 0 saturated heterocycles. The van der Waals surface area contributed by atoms with Crippen LogP contribution in [0.4, 0.5) is 0 Å². The zero-order valence-electron chi connectivity index (χ0n) is 12.9. The maximum Gasteiger partial charge on any atom is 0.0848 e. The Labute approximate surface area is 139 Å². The molecular formula is C16H21BrClN3. The number of hydrogen-bond donors (Lipinski definition) is 1. The van der Waals surface area contributed by atoms with Crippen molar-refractivity contribution in [1.82, 2.24) is 15.1 Å². The van der Waals surface area contributed by atoms with Crippen LogP contribution in [0.5, 0.6) is 0 Å². The Hall–Kier alpha value is -0.840. The van der Waals surface area contributed by atoms with Crippen molar-refractivity contribution >= 4 is 27.5 Å². The topological polar surface area (TPSA) is 29.9 Å². The summed E-state index contributed by atoms with van der Waals surface area (Å²) in [6.45, 7) is 9.27. The van der Waals surface area contributed by atoms with Crippen LogP contribution in [0.3, 0.4) is 0 Å². The lowest BCUT2D eigenvalue weighted by molar-refractivity contribution is 0.570. The Kier molecular flexibility index (Phi) is 5.47. The Morgan fingerprint density at radius 2 is 2.10 bits per heavy atom. The third kappa shape index (κ3) is 3.50. The fraction of sp³-hybridized carbons (Fsp3) is 0.438. The van der Waals surface area contributed by atoms with Crippen molar-refractivity contribution in [3.63, 3.8) is 0 Å². The summed E-state index contributed by atoms with van der Waals surface area (Å²) in [5, 5.41) is 8.73. The molecule has 1 unspecified atom stereocenters. The predicted molar refractivity (Wildman–Crippen MR) is 92.5 cm³/mol. The summed E-state index contributed by atoms with van der Waals surface area (Å²) in [7, 11) is 0. The van der Waals surface area contributed by atoms with Gasteiger partial charge < -0.3 is 5.32 Å². The molecule has 1 atom stereocenters. The van der Waals surface area contributed by atoms with Gasteiger partial charge in [0.2, 0.25) is 0 Å². The van der Waals surface area contributed by atoms with E-state index in [4.69, 9.17) is 11.6 Å². The fourth-order valence-corrected chi connectivity index (χ4v) is 2.98. The molecule has 0 amide bonds. The first kappa shape index (κ1) is 16.5. The first-order chi connectivity index (χ1) is 9.95. The standard InChI is InChI=1S/C16H21BrClN3/c1-5-8-19-10(2)13-6-7-15(14(17)9-13)21-12(4)16(18)11(3)20-21/h6-7,9-10,19H,5,8H2,1-4H3. The minimum Gasteiger partial charge on any atom is -0.310 e. The molecule has 21 heavy (non-hydrogen) atoms. The molecule has 0 aliphatic carbocycles. The van der Waals surface area contributed by atoms with Crippen molar-refractivity contribution in [3.8, 4) is 5.69 Å². The molecule has 2 rings (SSSR count). The van der Waals surface area contributed by atoms with Crippen LogP contribution in [0.1, 0.15) is 43.3 Å². The van der Waals surface area contributed by atoms with E-state index in [1.807, 2.05) is 18.5 Å². The number of aromatic nitrogens is 2. The number of rotatable bonds is 5. The molecule has 1 heterocycles. The number of halogens is 2. The van der Waals surface area contributed by atoms with E-state index < -0.39 is 0 Å². The third-order valence-electron chi connectivity index (χ3n) is 3.60. The molecular weight excluding hydrogens is 350 g/mol. The number of aryl methyl sites for hydroxylation is 1. The first-order valence-electron chi connectivity index (χ1n) is 7.20. The number of nitrogens with one attached hydrogen (secondary N) is 1. The largest absolute Gasteiger partial charge is 0.310 e. The first-order valence-corrected chi connectivity index (χ1v) is 8.37. The van der Waals surface area contributed by atoms with Gasteiger partial charge in [0.15, 0.2) is 0 Å². The normalized spacial score (nSPS) is 12.7. The Morgan fingerprint density at radius 1 is 1.38 bits per heavy atom. The summed E-state index contributed by atoms with van der Waals surface area (Å²) in [5.41, 5.74) is 4.07. The van der Waals surface area contributed by atoms with E-state index in [1.54, 1.807) is 0 Å². The van der Waals surface area contributed by atoms with Crippen molar-refractivity contribution in [2.75, 3.05) is 6.54 Å². The van der Waals surface area contributed by atoms with Gasteiger partial charge in [0.1, 0.15) is 0 Å². The highest BCUT2D eigenvalue weighted by Gasteiger charge is 2.14. The molecule has 0 aliphatic heterocycles. The lowest BCUT2D eigenvalue weighted by Gasteiger charge is -2.15. The third-order valence-corrected chi connectivity index (χ3v) is 4.79. The van der Waals surface area contributed by atoms with Crippen LogP contribution >= 0.6 is 27.5 Å². The minimum absolute atomic E-state index is 0.333. The second-order valence-corrected chi connectivity index (χ2v) is 6.52.